The van der Waals surface area contributed by atoms with Gasteiger partial charge in [0.25, 0.3) is 0 Å². The number of fused-ring (bicyclic) bond motifs is 1. The molecule has 29 heavy (non-hydrogen) atoms. The number of pyridine rings is 1. The van der Waals surface area contributed by atoms with E-state index in [0.29, 0.717) is 30.2 Å². The maximum absolute atomic E-state index is 12.2. The number of H-pyrrole nitrogens is 1. The minimum absolute atomic E-state index is 0.199. The molecule has 0 aliphatic carbocycles. The second-order valence-electron chi connectivity index (χ2n) is 6.98. The van der Waals surface area contributed by atoms with E-state index in [2.05, 4.69) is 9.97 Å². The monoisotopic (exact) mass is 395 g/mol. The number of carboxylic acid groups (broad SMARTS) is 1. The molecule has 3 heterocycles. The van der Waals surface area contributed by atoms with Crippen LogP contribution in [0.15, 0.2) is 42.7 Å². The largest absolute Gasteiger partial charge is 0.465 e. The quantitative estimate of drug-likeness (QED) is 0.647. The van der Waals surface area contributed by atoms with Crippen LogP contribution in [0.5, 0.6) is 11.5 Å². The summed E-state index contributed by atoms with van der Waals surface area (Å²) in [4.78, 5) is 32.1. The highest BCUT2D eigenvalue weighted by Crippen LogP contribution is 2.34. The molecule has 4 rings (SSSR count). The molecule has 0 radical (unpaired) electrons. The van der Waals surface area contributed by atoms with Crippen LogP contribution >= 0.6 is 0 Å². The van der Waals surface area contributed by atoms with Gasteiger partial charge in [-0.05, 0) is 48.6 Å². The molecule has 8 heteroatoms. The van der Waals surface area contributed by atoms with Gasteiger partial charge in [0, 0.05) is 24.7 Å². The molecule has 1 saturated heterocycles. The van der Waals surface area contributed by atoms with E-state index in [1.54, 1.807) is 18.5 Å². The molecule has 3 aromatic rings. The smallest absolute Gasteiger partial charge is 0.407 e. The normalized spacial score (nSPS) is 14.7. The van der Waals surface area contributed by atoms with Crippen molar-refractivity contribution in [1.82, 2.24) is 14.9 Å². The summed E-state index contributed by atoms with van der Waals surface area (Å²) in [7, 11) is 1.33. The first kappa shape index (κ1) is 18.8. The van der Waals surface area contributed by atoms with Gasteiger partial charge in [-0.3, -0.25) is 0 Å². The SMILES string of the molecule is COC(=O)c1ccc(C2CCN(C(=O)O)CC2)cc1Oc1cnc2[nH]ccc2c1. The highest BCUT2D eigenvalue weighted by molar-refractivity contribution is 5.92. The Kier molecular flexibility index (Phi) is 5.07. The lowest BCUT2D eigenvalue weighted by Crippen LogP contribution is -2.36. The minimum Gasteiger partial charge on any atom is -0.465 e. The van der Waals surface area contributed by atoms with Crippen LogP contribution in [0.3, 0.4) is 0 Å². The molecule has 0 spiro atoms. The van der Waals surface area contributed by atoms with E-state index in [1.807, 2.05) is 24.3 Å². The fourth-order valence-electron chi connectivity index (χ4n) is 3.66. The number of amides is 1. The van der Waals surface area contributed by atoms with Gasteiger partial charge in [-0.2, -0.15) is 0 Å². The summed E-state index contributed by atoms with van der Waals surface area (Å²) in [6, 6.07) is 9.16. The molecule has 8 nitrogen and oxygen atoms in total. The Labute approximate surface area is 167 Å². The standard InChI is InChI=1S/C21H21N3O5/c1-28-20(25)17-3-2-14(13-5-8-24(9-6-13)21(26)27)11-18(17)29-16-10-15-4-7-22-19(15)23-12-16/h2-4,7,10-13H,5-6,8-9H2,1H3,(H,22,23)(H,26,27). The zero-order valence-corrected chi connectivity index (χ0v) is 15.9. The van der Waals surface area contributed by atoms with Crippen LogP contribution in [0.2, 0.25) is 0 Å². The second-order valence-corrected chi connectivity index (χ2v) is 6.98. The van der Waals surface area contributed by atoms with Crippen molar-refractivity contribution < 1.29 is 24.2 Å². The first-order valence-corrected chi connectivity index (χ1v) is 9.36. The first-order valence-electron chi connectivity index (χ1n) is 9.36. The van der Waals surface area contributed by atoms with Crippen molar-refractivity contribution in [2.45, 2.75) is 18.8 Å². The lowest BCUT2D eigenvalue weighted by atomic mass is 9.89. The van der Waals surface area contributed by atoms with Gasteiger partial charge in [-0.15, -0.1) is 0 Å². The average molecular weight is 395 g/mol. The number of benzene rings is 1. The number of aromatic nitrogens is 2. The van der Waals surface area contributed by atoms with Gasteiger partial charge in [0.1, 0.15) is 22.7 Å². The van der Waals surface area contributed by atoms with Crippen molar-refractivity contribution in [3.63, 3.8) is 0 Å². The molecule has 0 unspecified atom stereocenters. The summed E-state index contributed by atoms with van der Waals surface area (Å²) < 4.78 is 10.9. The van der Waals surface area contributed by atoms with Crippen LogP contribution in [0, 0.1) is 0 Å². The highest BCUT2D eigenvalue weighted by atomic mass is 16.5. The molecule has 0 bridgehead atoms. The number of rotatable bonds is 4. The number of hydrogen-bond acceptors (Lipinski definition) is 5. The van der Waals surface area contributed by atoms with Crippen molar-refractivity contribution in [3.8, 4) is 11.5 Å². The summed E-state index contributed by atoms with van der Waals surface area (Å²) in [5.41, 5.74) is 2.09. The van der Waals surface area contributed by atoms with Gasteiger partial charge in [0.05, 0.1) is 13.3 Å². The Hall–Kier alpha value is -3.55. The van der Waals surface area contributed by atoms with Crippen molar-refractivity contribution in [1.29, 1.82) is 0 Å². The maximum Gasteiger partial charge on any atom is 0.407 e. The molecular weight excluding hydrogens is 374 g/mol. The number of nitrogens with zero attached hydrogens (tertiary/aromatic N) is 2. The molecule has 150 valence electrons. The predicted octanol–water partition coefficient (Wildman–Crippen LogP) is 4.00. The van der Waals surface area contributed by atoms with E-state index in [0.717, 1.165) is 29.4 Å². The topological polar surface area (TPSA) is 105 Å². The zero-order chi connectivity index (χ0) is 20.4. The summed E-state index contributed by atoms with van der Waals surface area (Å²) >= 11 is 0. The van der Waals surface area contributed by atoms with E-state index in [-0.39, 0.29) is 5.92 Å². The molecule has 1 aromatic carbocycles. The predicted molar refractivity (Wildman–Crippen MR) is 106 cm³/mol. The van der Waals surface area contributed by atoms with Gasteiger partial charge in [0.2, 0.25) is 0 Å². The van der Waals surface area contributed by atoms with Crippen LogP contribution in [-0.2, 0) is 4.74 Å². The van der Waals surface area contributed by atoms with E-state index >= 15 is 0 Å². The van der Waals surface area contributed by atoms with Crippen molar-refractivity contribution >= 4 is 23.1 Å². The van der Waals surface area contributed by atoms with E-state index in [9.17, 15) is 9.59 Å². The summed E-state index contributed by atoms with van der Waals surface area (Å²) in [5, 5.41) is 10.0. The second kappa shape index (κ2) is 7.83. The van der Waals surface area contributed by atoms with E-state index in [4.69, 9.17) is 14.6 Å². The number of hydrogen-bond donors (Lipinski definition) is 2. The lowest BCUT2D eigenvalue weighted by Gasteiger charge is -2.30. The molecular formula is C21H21N3O5. The third kappa shape index (κ3) is 3.87. The molecule has 0 saturated carbocycles. The number of esters is 1. The van der Waals surface area contributed by atoms with E-state index < -0.39 is 12.1 Å². The van der Waals surface area contributed by atoms with Crippen molar-refractivity contribution in [3.05, 3.63) is 53.9 Å². The third-order valence-electron chi connectivity index (χ3n) is 5.25. The Morgan fingerprint density at radius 3 is 2.72 bits per heavy atom. The van der Waals surface area contributed by atoms with Crippen LogP contribution in [0.4, 0.5) is 4.79 Å². The molecule has 2 N–H and O–H groups in total. The van der Waals surface area contributed by atoms with Gasteiger partial charge in [-0.1, -0.05) is 6.07 Å². The van der Waals surface area contributed by atoms with Crippen LogP contribution in [0.1, 0.15) is 34.7 Å². The number of carbonyl (C=O) groups excluding carboxylic acids is 1. The summed E-state index contributed by atoms with van der Waals surface area (Å²) in [5.74, 6) is 0.625. The van der Waals surface area contributed by atoms with E-state index in [1.165, 1.54) is 12.0 Å². The zero-order valence-electron chi connectivity index (χ0n) is 15.9. The molecule has 1 amide bonds. The number of piperidine rings is 1. The molecule has 2 aromatic heterocycles. The Morgan fingerprint density at radius 2 is 2.00 bits per heavy atom. The van der Waals surface area contributed by atoms with Gasteiger partial charge >= 0.3 is 12.1 Å². The Bertz CT molecular complexity index is 1050. The number of nitrogens with one attached hydrogen (secondary N) is 1. The van der Waals surface area contributed by atoms with Gasteiger partial charge in [0.15, 0.2) is 0 Å². The van der Waals surface area contributed by atoms with Crippen molar-refractivity contribution in [2.24, 2.45) is 0 Å². The highest BCUT2D eigenvalue weighted by Gasteiger charge is 2.25. The Balaban J connectivity index is 1.62. The molecule has 1 aliphatic heterocycles. The van der Waals surface area contributed by atoms with Gasteiger partial charge in [-0.25, -0.2) is 14.6 Å². The third-order valence-corrected chi connectivity index (χ3v) is 5.25. The number of ether oxygens (including phenoxy) is 2. The fraction of sp³-hybridized carbons (Fsp3) is 0.286. The minimum atomic E-state index is -0.888. The average Bonchev–Trinajstić information content (AvgIpc) is 3.21. The first-order chi connectivity index (χ1) is 14.0. The van der Waals surface area contributed by atoms with Crippen LogP contribution in [0.25, 0.3) is 11.0 Å². The number of carbonyl (C=O) groups is 2. The van der Waals surface area contributed by atoms with Gasteiger partial charge < -0.3 is 24.5 Å². The fourth-order valence-corrected chi connectivity index (χ4v) is 3.66. The van der Waals surface area contributed by atoms with Crippen molar-refractivity contribution in [2.75, 3.05) is 20.2 Å². The molecule has 1 fully saturated rings. The molecule has 0 atom stereocenters. The Morgan fingerprint density at radius 1 is 1.21 bits per heavy atom. The summed E-state index contributed by atoms with van der Waals surface area (Å²) in [6.45, 7) is 0.978. The number of likely N-dealkylation sites (tertiary alicyclic amines) is 1. The number of methoxy groups -OCH3 is 1. The molecule has 1 aliphatic rings. The summed E-state index contributed by atoms with van der Waals surface area (Å²) in [6.07, 6.45) is 3.95. The lowest BCUT2D eigenvalue weighted by molar-refractivity contribution is 0.0597. The maximum atomic E-state index is 12.2. The number of aromatic amines is 1. The van der Waals surface area contributed by atoms with Crippen LogP contribution < -0.4 is 4.74 Å². The van der Waals surface area contributed by atoms with Crippen LogP contribution in [-0.4, -0.2) is 52.2 Å².